The maximum atomic E-state index is 11.4. The predicted molar refractivity (Wildman–Crippen MR) is 58.4 cm³/mol. The Balaban J connectivity index is 3.16. The Morgan fingerprint density at radius 3 is 2.65 bits per heavy atom. The van der Waals surface area contributed by atoms with Crippen LogP contribution < -0.4 is 4.74 Å². The molecule has 5 heteroatoms. The first-order valence-electron chi connectivity index (χ1n) is 4.83. The minimum atomic E-state index is -0.689. The Kier molecular flexibility index (Phi) is 4.23. The summed E-state index contributed by atoms with van der Waals surface area (Å²) in [6, 6.07) is 6.25. The van der Waals surface area contributed by atoms with Gasteiger partial charge in [0.25, 0.3) is 5.78 Å². The van der Waals surface area contributed by atoms with Crippen LogP contribution in [0, 0.1) is 11.3 Å². The molecular weight excluding hydrogens is 222 g/mol. The first-order valence-corrected chi connectivity index (χ1v) is 4.83. The van der Waals surface area contributed by atoms with Gasteiger partial charge in [0.15, 0.2) is 0 Å². The van der Waals surface area contributed by atoms with Crippen molar-refractivity contribution in [3.8, 4) is 11.8 Å². The molecule has 0 aliphatic heterocycles. The number of methoxy groups -OCH3 is 1. The van der Waals surface area contributed by atoms with Crippen molar-refractivity contribution >= 4 is 11.8 Å². The molecule has 0 saturated heterocycles. The molecule has 1 aromatic carbocycles. The standard InChI is InChI=1S/C12H11NO4/c1-8(14)17-7-10-9(11(15)6-13)4-3-5-12(10)16-2/h3-5H,7H2,1-2H3. The monoisotopic (exact) mass is 233 g/mol. The van der Waals surface area contributed by atoms with E-state index in [4.69, 9.17) is 14.7 Å². The summed E-state index contributed by atoms with van der Waals surface area (Å²) in [5, 5.41) is 8.61. The smallest absolute Gasteiger partial charge is 0.302 e. The molecule has 1 aromatic rings. The molecule has 0 radical (unpaired) electrons. The Hall–Kier alpha value is -2.35. The molecule has 0 aliphatic rings. The van der Waals surface area contributed by atoms with Crippen molar-refractivity contribution in [3.63, 3.8) is 0 Å². The largest absolute Gasteiger partial charge is 0.496 e. The molecule has 0 aromatic heterocycles. The van der Waals surface area contributed by atoms with Crippen LogP contribution in [-0.2, 0) is 16.1 Å². The lowest BCUT2D eigenvalue weighted by molar-refractivity contribution is -0.142. The van der Waals surface area contributed by atoms with Crippen LogP contribution in [0.15, 0.2) is 18.2 Å². The van der Waals surface area contributed by atoms with Gasteiger partial charge in [-0.25, -0.2) is 0 Å². The van der Waals surface area contributed by atoms with E-state index < -0.39 is 11.8 Å². The van der Waals surface area contributed by atoms with Gasteiger partial charge >= 0.3 is 5.97 Å². The minimum absolute atomic E-state index is 0.0951. The summed E-state index contributed by atoms with van der Waals surface area (Å²) in [7, 11) is 1.44. The molecule has 0 aliphatic carbocycles. The van der Waals surface area contributed by atoms with E-state index in [1.807, 2.05) is 0 Å². The quantitative estimate of drug-likeness (QED) is 0.447. The van der Waals surface area contributed by atoms with Gasteiger partial charge in [-0.2, -0.15) is 5.26 Å². The third-order valence-electron chi connectivity index (χ3n) is 2.12. The lowest BCUT2D eigenvalue weighted by atomic mass is 10.0. The summed E-state index contributed by atoms with van der Waals surface area (Å²) in [5.74, 6) is -0.746. The zero-order chi connectivity index (χ0) is 12.8. The average Bonchev–Trinajstić information content (AvgIpc) is 2.34. The van der Waals surface area contributed by atoms with Crippen LogP contribution in [0.25, 0.3) is 0 Å². The zero-order valence-electron chi connectivity index (χ0n) is 9.52. The number of ether oxygens (including phenoxy) is 2. The third kappa shape index (κ3) is 3.05. The number of carbonyl (C=O) groups excluding carboxylic acids is 2. The molecule has 0 heterocycles. The molecule has 0 saturated carbocycles. The average molecular weight is 233 g/mol. The van der Waals surface area contributed by atoms with Crippen LogP contribution in [-0.4, -0.2) is 18.9 Å². The van der Waals surface area contributed by atoms with Gasteiger partial charge in [-0.3, -0.25) is 9.59 Å². The number of hydrogen-bond acceptors (Lipinski definition) is 5. The number of rotatable bonds is 4. The number of carbonyl (C=O) groups is 2. The highest BCUT2D eigenvalue weighted by molar-refractivity contribution is 6.08. The summed E-state index contributed by atoms with van der Waals surface area (Å²) in [4.78, 5) is 22.1. The molecule has 0 spiro atoms. The van der Waals surface area contributed by atoms with E-state index in [2.05, 4.69) is 0 Å². The second kappa shape index (κ2) is 5.66. The number of benzene rings is 1. The number of hydrogen-bond donors (Lipinski definition) is 0. The summed E-state index contributed by atoms with van der Waals surface area (Å²) in [5.41, 5.74) is 0.588. The topological polar surface area (TPSA) is 76.4 Å². The van der Waals surface area contributed by atoms with Crippen molar-refractivity contribution in [2.24, 2.45) is 0 Å². The minimum Gasteiger partial charge on any atom is -0.496 e. The van der Waals surface area contributed by atoms with Gasteiger partial charge in [0, 0.05) is 18.1 Å². The molecule has 5 nitrogen and oxygen atoms in total. The lowest BCUT2D eigenvalue weighted by Gasteiger charge is -2.11. The Morgan fingerprint density at radius 2 is 2.12 bits per heavy atom. The highest BCUT2D eigenvalue weighted by atomic mass is 16.5. The van der Waals surface area contributed by atoms with Crippen molar-refractivity contribution in [1.29, 1.82) is 5.26 Å². The second-order valence-corrected chi connectivity index (χ2v) is 3.21. The summed E-state index contributed by atoms with van der Waals surface area (Å²) in [6.07, 6.45) is 0. The molecule has 0 unspecified atom stereocenters. The van der Waals surface area contributed by atoms with Gasteiger partial charge in [-0.15, -0.1) is 0 Å². The van der Waals surface area contributed by atoms with E-state index in [0.29, 0.717) is 11.3 Å². The van der Waals surface area contributed by atoms with Crippen molar-refractivity contribution < 1.29 is 19.1 Å². The first-order chi connectivity index (χ1) is 8.10. The molecule has 17 heavy (non-hydrogen) atoms. The van der Waals surface area contributed by atoms with Gasteiger partial charge in [0.05, 0.1) is 7.11 Å². The van der Waals surface area contributed by atoms with Crippen LogP contribution in [0.4, 0.5) is 0 Å². The molecule has 0 bridgehead atoms. The first kappa shape index (κ1) is 12.7. The highest BCUT2D eigenvalue weighted by Gasteiger charge is 2.15. The molecule has 0 atom stereocenters. The predicted octanol–water partition coefficient (Wildman–Crippen LogP) is 1.46. The van der Waals surface area contributed by atoms with Crippen LogP contribution in [0.2, 0.25) is 0 Å². The van der Waals surface area contributed by atoms with Crippen LogP contribution in [0.5, 0.6) is 5.75 Å². The maximum Gasteiger partial charge on any atom is 0.302 e. The number of esters is 1. The summed E-state index contributed by atoms with van der Waals surface area (Å²) >= 11 is 0. The lowest BCUT2D eigenvalue weighted by Crippen LogP contribution is -2.07. The molecule has 0 fully saturated rings. The van der Waals surface area contributed by atoms with Crippen LogP contribution >= 0.6 is 0 Å². The van der Waals surface area contributed by atoms with E-state index in [1.165, 1.54) is 26.2 Å². The van der Waals surface area contributed by atoms with E-state index in [0.717, 1.165) is 0 Å². The van der Waals surface area contributed by atoms with Crippen molar-refractivity contribution in [2.75, 3.05) is 7.11 Å². The van der Waals surface area contributed by atoms with Crippen LogP contribution in [0.3, 0.4) is 0 Å². The number of nitriles is 1. The highest BCUT2D eigenvalue weighted by Crippen LogP contribution is 2.23. The molecule has 1 rings (SSSR count). The SMILES string of the molecule is COc1cccc(C(=O)C#N)c1COC(C)=O. The fraction of sp³-hybridized carbons (Fsp3) is 0.250. The number of ketones is 1. The second-order valence-electron chi connectivity index (χ2n) is 3.21. The van der Waals surface area contributed by atoms with Crippen molar-refractivity contribution in [1.82, 2.24) is 0 Å². The molecule has 88 valence electrons. The van der Waals surface area contributed by atoms with Gasteiger partial charge in [-0.1, -0.05) is 6.07 Å². The number of nitrogens with zero attached hydrogens (tertiary/aromatic N) is 1. The summed E-state index contributed by atoms with van der Waals surface area (Å²) in [6.45, 7) is 1.17. The molecular formula is C12H11NO4. The zero-order valence-corrected chi connectivity index (χ0v) is 9.52. The molecule has 0 N–H and O–H groups in total. The maximum absolute atomic E-state index is 11.4. The van der Waals surface area contributed by atoms with Crippen molar-refractivity contribution in [2.45, 2.75) is 13.5 Å². The fourth-order valence-electron chi connectivity index (χ4n) is 1.35. The fourth-order valence-corrected chi connectivity index (χ4v) is 1.35. The van der Waals surface area contributed by atoms with Gasteiger partial charge in [0.1, 0.15) is 18.4 Å². The summed E-state index contributed by atoms with van der Waals surface area (Å²) < 4.78 is 9.89. The van der Waals surface area contributed by atoms with Crippen molar-refractivity contribution in [3.05, 3.63) is 29.3 Å². The Bertz CT molecular complexity index is 488. The van der Waals surface area contributed by atoms with E-state index in [-0.39, 0.29) is 12.2 Å². The van der Waals surface area contributed by atoms with E-state index in [9.17, 15) is 9.59 Å². The van der Waals surface area contributed by atoms with Gasteiger partial charge in [0.2, 0.25) is 0 Å². The van der Waals surface area contributed by atoms with E-state index >= 15 is 0 Å². The van der Waals surface area contributed by atoms with Gasteiger partial charge < -0.3 is 9.47 Å². The third-order valence-corrected chi connectivity index (χ3v) is 2.12. The van der Waals surface area contributed by atoms with Gasteiger partial charge in [-0.05, 0) is 12.1 Å². The Labute approximate surface area is 98.6 Å². The van der Waals surface area contributed by atoms with E-state index in [1.54, 1.807) is 12.1 Å². The van der Waals surface area contributed by atoms with Crippen LogP contribution in [0.1, 0.15) is 22.8 Å². The number of Topliss-reactive ketones (excluding diaryl/α,β-unsaturated/α-hetero) is 1. The molecule has 0 amide bonds. The normalized spacial score (nSPS) is 9.24. The Morgan fingerprint density at radius 1 is 1.41 bits per heavy atom.